The Balaban J connectivity index is 2.85. The number of carbonyl (C=O) groups excluding carboxylic acids is 1. The first-order valence-electron chi connectivity index (χ1n) is 6.97. The summed E-state index contributed by atoms with van der Waals surface area (Å²) in [5, 5.41) is 2.35. The van der Waals surface area contributed by atoms with E-state index in [1.54, 1.807) is 19.1 Å². The van der Waals surface area contributed by atoms with Crippen molar-refractivity contribution in [1.29, 1.82) is 0 Å². The standard InChI is InChI=1S/C15H24N2O2S/c1-5-13(6-2)17-15(18)11(4)20(19)14-9-12(16)8-7-10(14)3/h7-9,11,13H,5-6,16H2,1-4H3,(H,17,18). The van der Waals surface area contributed by atoms with Gasteiger partial charge < -0.3 is 11.1 Å². The molecule has 0 bridgehead atoms. The number of hydrogen-bond donors (Lipinski definition) is 2. The number of benzene rings is 1. The van der Waals surface area contributed by atoms with E-state index in [0.29, 0.717) is 10.6 Å². The predicted molar refractivity (Wildman–Crippen MR) is 84.0 cm³/mol. The quantitative estimate of drug-likeness (QED) is 0.792. The van der Waals surface area contributed by atoms with E-state index < -0.39 is 16.0 Å². The Morgan fingerprint density at radius 3 is 2.50 bits per heavy atom. The van der Waals surface area contributed by atoms with Gasteiger partial charge in [-0.25, -0.2) is 0 Å². The van der Waals surface area contributed by atoms with Gasteiger partial charge in [-0.2, -0.15) is 0 Å². The molecule has 0 aliphatic carbocycles. The molecule has 0 fully saturated rings. The first kappa shape index (κ1) is 16.7. The molecule has 20 heavy (non-hydrogen) atoms. The summed E-state index contributed by atoms with van der Waals surface area (Å²) in [5.41, 5.74) is 7.18. The van der Waals surface area contributed by atoms with E-state index in [1.165, 1.54) is 0 Å². The molecule has 1 amide bonds. The fourth-order valence-electron chi connectivity index (χ4n) is 1.93. The zero-order valence-corrected chi connectivity index (χ0v) is 13.4. The van der Waals surface area contributed by atoms with Crippen LogP contribution in [0.4, 0.5) is 5.69 Å². The fourth-order valence-corrected chi connectivity index (χ4v) is 3.21. The highest BCUT2D eigenvalue weighted by Gasteiger charge is 2.24. The zero-order valence-electron chi connectivity index (χ0n) is 12.6. The summed E-state index contributed by atoms with van der Waals surface area (Å²) in [6, 6.07) is 5.43. The molecule has 0 aliphatic heterocycles. The summed E-state index contributed by atoms with van der Waals surface area (Å²) in [6.45, 7) is 7.62. The molecule has 0 aromatic heterocycles. The average Bonchev–Trinajstić information content (AvgIpc) is 2.45. The van der Waals surface area contributed by atoms with E-state index in [9.17, 15) is 9.00 Å². The van der Waals surface area contributed by atoms with Crippen LogP contribution in [0.5, 0.6) is 0 Å². The second-order valence-electron chi connectivity index (χ2n) is 4.99. The maximum atomic E-state index is 12.5. The molecule has 2 atom stereocenters. The number of anilines is 1. The van der Waals surface area contributed by atoms with Gasteiger partial charge in [0.2, 0.25) is 5.91 Å². The van der Waals surface area contributed by atoms with Gasteiger partial charge in [-0.3, -0.25) is 9.00 Å². The van der Waals surface area contributed by atoms with Gasteiger partial charge in [0.25, 0.3) is 0 Å². The van der Waals surface area contributed by atoms with Crippen LogP contribution in [-0.4, -0.2) is 21.4 Å². The summed E-state index contributed by atoms with van der Waals surface area (Å²) in [7, 11) is -1.39. The largest absolute Gasteiger partial charge is 0.399 e. The lowest BCUT2D eigenvalue weighted by atomic mass is 10.2. The van der Waals surface area contributed by atoms with Crippen LogP contribution in [0.3, 0.4) is 0 Å². The van der Waals surface area contributed by atoms with Crippen molar-refractivity contribution in [2.75, 3.05) is 5.73 Å². The minimum absolute atomic E-state index is 0.142. The highest BCUT2D eigenvalue weighted by molar-refractivity contribution is 7.86. The van der Waals surface area contributed by atoms with Gasteiger partial charge in [-0.1, -0.05) is 19.9 Å². The molecule has 0 saturated carbocycles. The maximum absolute atomic E-state index is 12.5. The second kappa shape index (κ2) is 7.43. The molecule has 0 heterocycles. The number of aryl methyl sites for hydroxylation is 1. The second-order valence-corrected chi connectivity index (χ2v) is 6.73. The topological polar surface area (TPSA) is 72.2 Å². The minimum Gasteiger partial charge on any atom is -0.399 e. The molecule has 1 aromatic rings. The third-order valence-electron chi connectivity index (χ3n) is 3.45. The monoisotopic (exact) mass is 296 g/mol. The van der Waals surface area contributed by atoms with Gasteiger partial charge in [-0.05, 0) is 44.4 Å². The fraction of sp³-hybridized carbons (Fsp3) is 0.533. The summed E-state index contributed by atoms with van der Waals surface area (Å²) in [6.07, 6.45) is 1.75. The maximum Gasteiger partial charge on any atom is 0.236 e. The van der Waals surface area contributed by atoms with Crippen molar-refractivity contribution >= 4 is 22.4 Å². The Morgan fingerprint density at radius 2 is 1.95 bits per heavy atom. The van der Waals surface area contributed by atoms with Crippen LogP contribution < -0.4 is 11.1 Å². The molecule has 0 spiro atoms. The molecular weight excluding hydrogens is 272 g/mol. The van der Waals surface area contributed by atoms with E-state index >= 15 is 0 Å². The van der Waals surface area contributed by atoms with Crippen LogP contribution >= 0.6 is 0 Å². The molecule has 4 nitrogen and oxygen atoms in total. The summed E-state index contributed by atoms with van der Waals surface area (Å²) in [5.74, 6) is -0.168. The third-order valence-corrected chi connectivity index (χ3v) is 5.18. The van der Waals surface area contributed by atoms with Crippen molar-refractivity contribution in [3.05, 3.63) is 23.8 Å². The SMILES string of the molecule is CCC(CC)NC(=O)C(C)S(=O)c1cc(N)ccc1C. The van der Waals surface area contributed by atoms with E-state index in [2.05, 4.69) is 5.32 Å². The zero-order chi connectivity index (χ0) is 15.3. The van der Waals surface area contributed by atoms with E-state index in [1.807, 2.05) is 26.8 Å². The lowest BCUT2D eigenvalue weighted by Crippen LogP contribution is -2.41. The molecule has 0 aliphatic rings. The first-order chi connectivity index (χ1) is 9.40. The lowest BCUT2D eigenvalue weighted by Gasteiger charge is -2.19. The van der Waals surface area contributed by atoms with Gasteiger partial charge in [0, 0.05) is 16.6 Å². The van der Waals surface area contributed by atoms with Crippen LogP contribution in [-0.2, 0) is 15.6 Å². The number of carbonyl (C=O) groups is 1. The number of nitrogens with one attached hydrogen (secondary N) is 1. The molecular formula is C15H24N2O2S. The summed E-state index contributed by atoms with van der Waals surface area (Å²) in [4.78, 5) is 12.8. The smallest absolute Gasteiger partial charge is 0.236 e. The molecule has 2 unspecified atom stereocenters. The molecule has 0 radical (unpaired) electrons. The van der Waals surface area contributed by atoms with Crippen molar-refractivity contribution in [3.8, 4) is 0 Å². The van der Waals surface area contributed by atoms with E-state index in [4.69, 9.17) is 5.73 Å². The average molecular weight is 296 g/mol. The van der Waals surface area contributed by atoms with E-state index in [-0.39, 0.29) is 11.9 Å². The van der Waals surface area contributed by atoms with Gasteiger partial charge in [0.1, 0.15) is 5.25 Å². The van der Waals surface area contributed by atoms with Crippen LogP contribution in [0.2, 0.25) is 0 Å². The van der Waals surface area contributed by atoms with E-state index in [0.717, 1.165) is 18.4 Å². The lowest BCUT2D eigenvalue weighted by molar-refractivity contribution is -0.121. The number of nitrogen functional groups attached to an aromatic ring is 1. The van der Waals surface area contributed by atoms with Gasteiger partial charge in [0.15, 0.2) is 0 Å². The molecule has 3 N–H and O–H groups in total. The van der Waals surface area contributed by atoms with Crippen molar-refractivity contribution in [2.45, 2.75) is 56.7 Å². The Morgan fingerprint density at radius 1 is 1.35 bits per heavy atom. The van der Waals surface area contributed by atoms with Crippen molar-refractivity contribution < 1.29 is 9.00 Å². The Labute approximate surface area is 123 Å². The summed E-state index contributed by atoms with van der Waals surface area (Å²) >= 11 is 0. The molecule has 1 aromatic carbocycles. The van der Waals surface area contributed by atoms with Crippen LogP contribution in [0.25, 0.3) is 0 Å². The Hall–Kier alpha value is -1.36. The number of rotatable bonds is 6. The van der Waals surface area contributed by atoms with Crippen molar-refractivity contribution in [2.24, 2.45) is 0 Å². The van der Waals surface area contributed by atoms with Gasteiger partial charge in [-0.15, -0.1) is 0 Å². The molecule has 0 saturated heterocycles. The third kappa shape index (κ3) is 4.07. The minimum atomic E-state index is -1.39. The normalized spacial score (nSPS) is 14.1. The highest BCUT2D eigenvalue weighted by atomic mass is 32.2. The Bertz CT molecular complexity index is 499. The number of amides is 1. The Kier molecular flexibility index (Phi) is 6.20. The van der Waals surface area contributed by atoms with Crippen LogP contribution in [0.15, 0.2) is 23.1 Å². The predicted octanol–water partition coefficient (Wildman–Crippen LogP) is 2.38. The van der Waals surface area contributed by atoms with Crippen LogP contribution in [0.1, 0.15) is 39.2 Å². The summed E-state index contributed by atoms with van der Waals surface area (Å²) < 4.78 is 12.5. The molecule has 5 heteroatoms. The molecule has 1 rings (SSSR count). The number of hydrogen-bond acceptors (Lipinski definition) is 3. The molecule has 112 valence electrons. The van der Waals surface area contributed by atoms with Crippen LogP contribution in [0, 0.1) is 6.92 Å². The first-order valence-corrected chi connectivity index (χ1v) is 8.19. The van der Waals surface area contributed by atoms with Crippen molar-refractivity contribution in [1.82, 2.24) is 5.32 Å². The van der Waals surface area contributed by atoms with Gasteiger partial charge >= 0.3 is 0 Å². The van der Waals surface area contributed by atoms with Crippen molar-refractivity contribution in [3.63, 3.8) is 0 Å². The number of nitrogens with two attached hydrogens (primary N) is 1. The highest BCUT2D eigenvalue weighted by Crippen LogP contribution is 2.19. The van der Waals surface area contributed by atoms with Gasteiger partial charge in [0.05, 0.1) is 10.8 Å².